The van der Waals surface area contributed by atoms with Crippen LogP contribution in [0.3, 0.4) is 0 Å². The largest absolute Gasteiger partial charge is 0.487 e. The van der Waals surface area contributed by atoms with E-state index in [1.807, 2.05) is 19.1 Å². The summed E-state index contributed by atoms with van der Waals surface area (Å²) in [4.78, 5) is 20.8. The van der Waals surface area contributed by atoms with E-state index in [9.17, 15) is 18.0 Å². The van der Waals surface area contributed by atoms with E-state index in [1.54, 1.807) is 23.9 Å². The van der Waals surface area contributed by atoms with Crippen molar-refractivity contribution in [1.82, 2.24) is 25.1 Å². The highest BCUT2D eigenvalue weighted by atomic mass is 35.5. The van der Waals surface area contributed by atoms with Crippen molar-refractivity contribution >= 4 is 28.4 Å². The molecule has 0 aliphatic carbocycles. The molecule has 4 rings (SSSR count). The molecule has 1 amide bonds. The van der Waals surface area contributed by atoms with Crippen LogP contribution in [0.15, 0.2) is 42.7 Å². The third-order valence-corrected chi connectivity index (χ3v) is 6.00. The summed E-state index contributed by atoms with van der Waals surface area (Å²) >= 11 is 6.31. The normalized spacial score (nSPS) is 12.6. The van der Waals surface area contributed by atoms with E-state index in [-0.39, 0.29) is 17.2 Å². The molecule has 0 aliphatic rings. The predicted octanol–water partition coefficient (Wildman–Crippen LogP) is 5.54. The molecule has 0 radical (unpaired) electrons. The Balaban J connectivity index is 1.70. The second-order valence-electron chi connectivity index (χ2n) is 8.50. The van der Waals surface area contributed by atoms with Crippen molar-refractivity contribution in [2.75, 3.05) is 0 Å². The van der Waals surface area contributed by atoms with Gasteiger partial charge in [-0.2, -0.15) is 13.9 Å². The van der Waals surface area contributed by atoms with Gasteiger partial charge < -0.3 is 10.1 Å². The first-order valence-corrected chi connectivity index (χ1v) is 11.4. The van der Waals surface area contributed by atoms with Crippen LogP contribution < -0.4 is 10.1 Å². The van der Waals surface area contributed by atoms with Gasteiger partial charge in [-0.3, -0.25) is 4.79 Å². The lowest BCUT2D eigenvalue weighted by Crippen LogP contribution is -2.39. The van der Waals surface area contributed by atoms with Gasteiger partial charge in [0.05, 0.1) is 11.1 Å². The van der Waals surface area contributed by atoms with Crippen molar-refractivity contribution in [3.05, 3.63) is 70.4 Å². The smallest absolute Gasteiger partial charge is 0.321 e. The van der Waals surface area contributed by atoms with Crippen LogP contribution in [0.2, 0.25) is 5.02 Å². The van der Waals surface area contributed by atoms with Crippen LogP contribution in [0.1, 0.15) is 36.7 Å². The molecule has 4 aromatic rings. The maximum absolute atomic E-state index is 14.2. The number of benzene rings is 2. The van der Waals surface area contributed by atoms with E-state index in [0.717, 1.165) is 28.8 Å². The lowest BCUT2D eigenvalue weighted by atomic mass is 10.0. The van der Waals surface area contributed by atoms with Crippen LogP contribution >= 0.6 is 11.6 Å². The fourth-order valence-corrected chi connectivity index (χ4v) is 4.17. The van der Waals surface area contributed by atoms with Gasteiger partial charge in [-0.1, -0.05) is 23.7 Å². The Kier molecular flexibility index (Phi) is 6.90. The number of carbonyl (C=O) groups is 1. The lowest BCUT2D eigenvalue weighted by molar-refractivity contribution is -0.143. The molecule has 2 aromatic carbocycles. The van der Waals surface area contributed by atoms with Crippen molar-refractivity contribution in [2.45, 2.75) is 39.3 Å². The van der Waals surface area contributed by atoms with Gasteiger partial charge >= 0.3 is 5.92 Å². The average Bonchev–Trinajstić information content (AvgIpc) is 3.22. The van der Waals surface area contributed by atoms with E-state index in [2.05, 4.69) is 20.4 Å². The Morgan fingerprint density at radius 3 is 2.69 bits per heavy atom. The number of halogens is 4. The Labute approximate surface area is 210 Å². The number of nitrogens with one attached hydrogen (secondary N) is 1. The minimum atomic E-state index is -3.59. The highest BCUT2D eigenvalue weighted by Crippen LogP contribution is 2.34. The summed E-state index contributed by atoms with van der Waals surface area (Å²) in [7, 11) is 1.79. The Bertz CT molecular complexity index is 1450. The molecule has 11 heteroatoms. The lowest BCUT2D eigenvalue weighted by Gasteiger charge is -2.21. The summed E-state index contributed by atoms with van der Waals surface area (Å²) < 4.78 is 48.7. The number of aromatic nitrogens is 4. The van der Waals surface area contributed by atoms with Crippen LogP contribution in [0.4, 0.5) is 13.2 Å². The standard InChI is InChI=1S/C25H23ClF3N5O2/c1-13-8-18(23-30-12-31-34(23)4)16-6-5-7-21(22(16)32-13)36-11-19-17(9-15(27)10-20(19)26)14(2)33-24(35)25(3,28)29/h5-10,12,14H,11H2,1-4H3,(H,33,35)/t14-/m0/s1. The maximum Gasteiger partial charge on any atom is 0.321 e. The van der Waals surface area contributed by atoms with Crippen LogP contribution in [-0.4, -0.2) is 31.6 Å². The zero-order chi connectivity index (χ0) is 26.2. The van der Waals surface area contributed by atoms with Gasteiger partial charge in [0.2, 0.25) is 0 Å². The SMILES string of the molecule is Cc1cc(-c2ncnn2C)c2cccc(OCc3c(Cl)cc(F)cc3[C@H](C)NC(=O)C(C)(F)F)c2n1. The molecule has 1 atom stereocenters. The fraction of sp³-hybridized carbons (Fsp3) is 0.280. The van der Waals surface area contributed by atoms with Crippen LogP contribution in [0.25, 0.3) is 22.3 Å². The number of nitrogens with zero attached hydrogens (tertiary/aromatic N) is 4. The topological polar surface area (TPSA) is 81.9 Å². The predicted molar refractivity (Wildman–Crippen MR) is 129 cm³/mol. The van der Waals surface area contributed by atoms with E-state index >= 15 is 0 Å². The van der Waals surface area contributed by atoms with Gasteiger partial charge in [0.1, 0.15) is 30.0 Å². The molecule has 0 spiro atoms. The van der Waals surface area contributed by atoms with Gasteiger partial charge in [-0.05, 0) is 43.7 Å². The molecule has 0 bridgehead atoms. The zero-order valence-electron chi connectivity index (χ0n) is 19.9. The number of hydrogen-bond donors (Lipinski definition) is 1. The van der Waals surface area contributed by atoms with Crippen molar-refractivity contribution in [1.29, 1.82) is 0 Å². The van der Waals surface area contributed by atoms with Crippen molar-refractivity contribution < 1.29 is 22.7 Å². The highest BCUT2D eigenvalue weighted by Gasteiger charge is 2.33. The van der Waals surface area contributed by atoms with E-state index in [1.165, 1.54) is 13.3 Å². The van der Waals surface area contributed by atoms with Gasteiger partial charge in [0.15, 0.2) is 5.82 Å². The number of aryl methyl sites for hydroxylation is 2. The monoisotopic (exact) mass is 517 g/mol. The fourth-order valence-electron chi connectivity index (χ4n) is 3.90. The molecule has 36 heavy (non-hydrogen) atoms. The summed E-state index contributed by atoms with van der Waals surface area (Å²) in [6.45, 7) is 3.68. The molecule has 2 aromatic heterocycles. The first kappa shape index (κ1) is 25.4. The number of ether oxygens (including phenoxy) is 1. The molecule has 2 heterocycles. The van der Waals surface area contributed by atoms with Crippen molar-refractivity contribution in [3.63, 3.8) is 0 Å². The van der Waals surface area contributed by atoms with Gasteiger partial charge in [0, 0.05) is 36.2 Å². The second-order valence-corrected chi connectivity index (χ2v) is 8.91. The number of pyridine rings is 1. The first-order chi connectivity index (χ1) is 17.0. The number of rotatable bonds is 7. The Morgan fingerprint density at radius 2 is 2.03 bits per heavy atom. The van der Waals surface area contributed by atoms with E-state index < -0.39 is 23.7 Å². The number of alkyl halides is 2. The highest BCUT2D eigenvalue weighted by molar-refractivity contribution is 6.31. The number of hydrogen-bond acceptors (Lipinski definition) is 5. The molecule has 0 aliphatic heterocycles. The second kappa shape index (κ2) is 9.77. The molecular weight excluding hydrogens is 495 g/mol. The molecule has 0 fully saturated rings. The third kappa shape index (κ3) is 5.13. The Morgan fingerprint density at radius 1 is 1.28 bits per heavy atom. The van der Waals surface area contributed by atoms with E-state index in [4.69, 9.17) is 16.3 Å². The summed E-state index contributed by atoms with van der Waals surface area (Å²) in [5.41, 5.74) is 2.70. The minimum absolute atomic E-state index is 0.0403. The minimum Gasteiger partial charge on any atom is -0.487 e. The van der Waals surface area contributed by atoms with Crippen molar-refractivity contribution in [2.24, 2.45) is 7.05 Å². The summed E-state index contributed by atoms with van der Waals surface area (Å²) in [6, 6.07) is 8.61. The molecule has 0 saturated heterocycles. The number of carbonyl (C=O) groups excluding carboxylic acids is 1. The van der Waals surface area contributed by atoms with Gasteiger partial charge in [-0.15, -0.1) is 0 Å². The summed E-state index contributed by atoms with van der Waals surface area (Å²) in [5, 5.41) is 7.16. The zero-order valence-corrected chi connectivity index (χ0v) is 20.7. The third-order valence-electron chi connectivity index (χ3n) is 5.66. The first-order valence-electron chi connectivity index (χ1n) is 11.0. The molecule has 0 unspecified atom stereocenters. The molecule has 0 saturated carbocycles. The number of fused-ring (bicyclic) bond motifs is 1. The molecule has 188 valence electrons. The average molecular weight is 518 g/mol. The van der Waals surface area contributed by atoms with Crippen LogP contribution in [-0.2, 0) is 18.4 Å². The molecule has 1 N–H and O–H groups in total. The summed E-state index contributed by atoms with van der Waals surface area (Å²) in [6.07, 6.45) is 1.46. The quantitative estimate of drug-likeness (QED) is 0.348. The van der Waals surface area contributed by atoms with E-state index in [0.29, 0.717) is 29.6 Å². The maximum atomic E-state index is 14.2. The molecular formula is C25H23ClF3N5O2. The number of para-hydroxylation sites is 1. The summed E-state index contributed by atoms with van der Waals surface area (Å²) in [5.74, 6) is -4.65. The van der Waals surface area contributed by atoms with Crippen LogP contribution in [0, 0.1) is 12.7 Å². The van der Waals surface area contributed by atoms with Gasteiger partial charge in [0.25, 0.3) is 5.91 Å². The number of amides is 1. The van der Waals surface area contributed by atoms with Gasteiger partial charge in [-0.25, -0.2) is 19.0 Å². The Hall–Kier alpha value is -3.66. The van der Waals surface area contributed by atoms with Crippen molar-refractivity contribution in [3.8, 4) is 17.1 Å². The van der Waals surface area contributed by atoms with Crippen LogP contribution in [0.5, 0.6) is 5.75 Å². The molecule has 7 nitrogen and oxygen atoms in total.